The Kier molecular flexibility index (Phi) is 3.61. The summed E-state index contributed by atoms with van der Waals surface area (Å²) < 4.78 is 12.5. The maximum absolute atomic E-state index is 12.5. The van der Waals surface area contributed by atoms with E-state index in [1.54, 1.807) is 4.68 Å². The van der Waals surface area contributed by atoms with Crippen molar-refractivity contribution >= 4 is 11.7 Å². The van der Waals surface area contributed by atoms with E-state index >= 15 is 0 Å². The fourth-order valence-corrected chi connectivity index (χ4v) is 3.91. The van der Waals surface area contributed by atoms with E-state index in [0.29, 0.717) is 23.9 Å². The fourth-order valence-electron chi connectivity index (χ4n) is 3.91. The van der Waals surface area contributed by atoms with E-state index in [1.807, 2.05) is 45.0 Å². The first-order valence-electron chi connectivity index (χ1n) is 9.11. The highest BCUT2D eigenvalue weighted by Crippen LogP contribution is 2.43. The molecule has 28 heavy (non-hydrogen) atoms. The number of hydrogen-bond donors (Lipinski definition) is 1. The van der Waals surface area contributed by atoms with Crippen LogP contribution >= 0.6 is 0 Å². The van der Waals surface area contributed by atoms with Crippen LogP contribution in [0.25, 0.3) is 5.95 Å². The number of carbonyl (C=O) groups is 1. The highest BCUT2D eigenvalue weighted by Gasteiger charge is 2.34. The Morgan fingerprint density at radius 1 is 1.07 bits per heavy atom. The molecule has 3 aromatic rings. The molecule has 1 N–H and O–H groups in total. The van der Waals surface area contributed by atoms with Gasteiger partial charge < -0.3 is 14.8 Å². The molecule has 1 amide bonds. The van der Waals surface area contributed by atoms with Crippen LogP contribution in [0, 0.1) is 20.8 Å². The number of carbonyl (C=O) groups excluding carboxylic acids is 1. The van der Waals surface area contributed by atoms with Gasteiger partial charge in [0, 0.05) is 29.3 Å². The lowest BCUT2D eigenvalue weighted by Gasteiger charge is -2.24. The molecule has 8 nitrogen and oxygen atoms in total. The third kappa shape index (κ3) is 2.60. The number of nitrogens with one attached hydrogen (secondary N) is 1. The number of ether oxygens (including phenoxy) is 2. The lowest BCUT2D eigenvalue weighted by molar-refractivity contribution is -0.116. The molecule has 2 aliphatic rings. The number of nitrogens with zero attached hydrogens (tertiary/aromatic N) is 4. The molecular formula is C20H19N5O3. The topological polar surface area (TPSA) is 91.2 Å². The molecule has 0 bridgehead atoms. The van der Waals surface area contributed by atoms with Crippen molar-refractivity contribution in [3.05, 3.63) is 52.5 Å². The van der Waals surface area contributed by atoms with Crippen molar-refractivity contribution in [1.82, 2.24) is 19.7 Å². The predicted octanol–water partition coefficient (Wildman–Crippen LogP) is 2.79. The molecule has 1 unspecified atom stereocenters. The van der Waals surface area contributed by atoms with Crippen LogP contribution in [0.3, 0.4) is 0 Å². The van der Waals surface area contributed by atoms with Gasteiger partial charge in [0.05, 0.1) is 5.69 Å². The minimum Gasteiger partial charge on any atom is -0.454 e. The number of anilines is 1. The van der Waals surface area contributed by atoms with Gasteiger partial charge in [-0.1, -0.05) is 6.07 Å². The number of rotatable bonds is 2. The second-order valence-corrected chi connectivity index (χ2v) is 7.13. The van der Waals surface area contributed by atoms with E-state index in [1.165, 1.54) is 0 Å². The van der Waals surface area contributed by atoms with E-state index in [4.69, 9.17) is 9.47 Å². The highest BCUT2D eigenvalue weighted by atomic mass is 16.7. The molecule has 1 aromatic carbocycles. The molecule has 0 saturated heterocycles. The van der Waals surface area contributed by atoms with E-state index in [9.17, 15) is 4.79 Å². The van der Waals surface area contributed by atoms with Gasteiger partial charge in [-0.25, -0.2) is 9.97 Å². The van der Waals surface area contributed by atoms with Gasteiger partial charge in [0.25, 0.3) is 5.95 Å². The zero-order valence-electron chi connectivity index (χ0n) is 15.8. The van der Waals surface area contributed by atoms with E-state index in [2.05, 4.69) is 20.4 Å². The summed E-state index contributed by atoms with van der Waals surface area (Å²) in [7, 11) is 0. The summed E-state index contributed by atoms with van der Waals surface area (Å²) in [5.74, 6) is 2.31. The summed E-state index contributed by atoms with van der Waals surface area (Å²) in [5, 5.41) is 7.61. The second kappa shape index (κ2) is 6.05. The zero-order valence-corrected chi connectivity index (χ0v) is 15.8. The molecule has 2 aliphatic heterocycles. The van der Waals surface area contributed by atoms with Crippen molar-refractivity contribution in [1.29, 1.82) is 0 Å². The molecule has 8 heteroatoms. The minimum atomic E-state index is -0.127. The van der Waals surface area contributed by atoms with Gasteiger partial charge in [-0.2, -0.15) is 9.78 Å². The first-order chi connectivity index (χ1) is 13.5. The summed E-state index contributed by atoms with van der Waals surface area (Å²) in [6, 6.07) is 7.71. The van der Waals surface area contributed by atoms with Crippen molar-refractivity contribution in [2.45, 2.75) is 33.1 Å². The maximum atomic E-state index is 12.5. The normalized spacial score (nSPS) is 17.4. The number of fused-ring (bicyclic) bond motifs is 2. The summed E-state index contributed by atoms with van der Waals surface area (Å²) >= 11 is 0. The lowest BCUT2D eigenvalue weighted by Crippen LogP contribution is -2.25. The van der Waals surface area contributed by atoms with Crippen LogP contribution in [0.2, 0.25) is 0 Å². The van der Waals surface area contributed by atoms with Crippen molar-refractivity contribution in [3.8, 4) is 17.4 Å². The van der Waals surface area contributed by atoms with Gasteiger partial charge in [0.1, 0.15) is 5.82 Å². The summed E-state index contributed by atoms with van der Waals surface area (Å²) in [6.45, 7) is 5.98. The Morgan fingerprint density at radius 2 is 1.82 bits per heavy atom. The van der Waals surface area contributed by atoms with Crippen LogP contribution in [-0.2, 0) is 4.79 Å². The molecule has 5 rings (SSSR count). The number of aryl methyl sites for hydroxylation is 3. The van der Waals surface area contributed by atoms with Crippen LogP contribution < -0.4 is 14.8 Å². The number of aromatic nitrogens is 4. The SMILES string of the molecule is Cc1cc(C)nc(-n2nc(C)c3c2NC(=O)CC3c2ccc3c(c2)OCO3)n1. The van der Waals surface area contributed by atoms with Crippen LogP contribution in [0.15, 0.2) is 24.3 Å². The van der Waals surface area contributed by atoms with Crippen LogP contribution in [0.1, 0.15) is 40.5 Å². The average molecular weight is 377 g/mol. The van der Waals surface area contributed by atoms with Gasteiger partial charge >= 0.3 is 0 Å². The zero-order chi connectivity index (χ0) is 19.4. The van der Waals surface area contributed by atoms with Gasteiger partial charge in [-0.15, -0.1) is 0 Å². The van der Waals surface area contributed by atoms with E-state index < -0.39 is 0 Å². The molecule has 0 radical (unpaired) electrons. The van der Waals surface area contributed by atoms with Crippen LogP contribution in [0.5, 0.6) is 11.5 Å². The Balaban J connectivity index is 1.65. The van der Waals surface area contributed by atoms with E-state index in [-0.39, 0.29) is 18.6 Å². The maximum Gasteiger partial charge on any atom is 0.252 e. The molecule has 2 aromatic heterocycles. The molecule has 0 saturated carbocycles. The van der Waals surface area contributed by atoms with Crippen molar-refractivity contribution in [3.63, 3.8) is 0 Å². The summed E-state index contributed by atoms with van der Waals surface area (Å²) in [5.41, 5.74) is 4.49. The Hall–Kier alpha value is -3.42. The van der Waals surface area contributed by atoms with Crippen LogP contribution in [-0.4, -0.2) is 32.4 Å². The number of hydrogen-bond acceptors (Lipinski definition) is 6. The first-order valence-corrected chi connectivity index (χ1v) is 9.11. The molecule has 0 aliphatic carbocycles. The second-order valence-electron chi connectivity index (χ2n) is 7.13. The summed E-state index contributed by atoms with van der Waals surface area (Å²) in [6.07, 6.45) is 0.340. The minimum absolute atomic E-state index is 0.0688. The molecule has 1 atom stereocenters. The Morgan fingerprint density at radius 3 is 2.61 bits per heavy atom. The predicted molar refractivity (Wildman–Crippen MR) is 101 cm³/mol. The quantitative estimate of drug-likeness (QED) is 0.738. The van der Waals surface area contributed by atoms with Crippen molar-refractivity contribution in [2.24, 2.45) is 0 Å². The van der Waals surface area contributed by atoms with Crippen molar-refractivity contribution < 1.29 is 14.3 Å². The molecule has 142 valence electrons. The van der Waals surface area contributed by atoms with Gasteiger partial charge in [-0.3, -0.25) is 4.79 Å². The summed E-state index contributed by atoms with van der Waals surface area (Å²) in [4.78, 5) is 21.5. The lowest BCUT2D eigenvalue weighted by atomic mass is 9.85. The molecule has 4 heterocycles. The number of benzene rings is 1. The largest absolute Gasteiger partial charge is 0.454 e. The average Bonchev–Trinajstić information content (AvgIpc) is 3.24. The highest BCUT2D eigenvalue weighted by molar-refractivity contribution is 5.95. The monoisotopic (exact) mass is 377 g/mol. The van der Waals surface area contributed by atoms with Gasteiger partial charge in [0.2, 0.25) is 12.7 Å². The van der Waals surface area contributed by atoms with Gasteiger partial charge in [0.15, 0.2) is 11.5 Å². The first kappa shape index (κ1) is 16.7. The number of amides is 1. The molecule has 0 fully saturated rings. The van der Waals surface area contributed by atoms with Crippen molar-refractivity contribution in [2.75, 3.05) is 12.1 Å². The smallest absolute Gasteiger partial charge is 0.252 e. The van der Waals surface area contributed by atoms with E-state index in [0.717, 1.165) is 34.0 Å². The Labute approximate surface area is 161 Å². The van der Waals surface area contributed by atoms with Gasteiger partial charge in [-0.05, 0) is 44.5 Å². The Bertz CT molecular complexity index is 1100. The third-order valence-electron chi connectivity index (χ3n) is 5.06. The van der Waals surface area contributed by atoms with Crippen LogP contribution in [0.4, 0.5) is 5.82 Å². The molecular weight excluding hydrogens is 358 g/mol. The molecule has 0 spiro atoms. The third-order valence-corrected chi connectivity index (χ3v) is 5.06. The fraction of sp³-hybridized carbons (Fsp3) is 0.300. The standard InChI is InChI=1S/C20H19N5O3/c1-10-6-11(2)22-20(21-10)25-19-18(12(3)24-25)14(8-17(26)23-19)13-4-5-15-16(7-13)28-9-27-15/h4-7,14H,8-9H2,1-3H3,(H,23,26).